The van der Waals surface area contributed by atoms with Gasteiger partial charge in [-0.05, 0) is 29.2 Å². The summed E-state index contributed by atoms with van der Waals surface area (Å²) in [7, 11) is 0. The van der Waals surface area contributed by atoms with Crippen LogP contribution in [-0.2, 0) is 27.0 Å². The lowest BCUT2D eigenvalue weighted by Gasteiger charge is -2.49. The molecule has 7 nitrogen and oxygen atoms in total. The van der Waals surface area contributed by atoms with Gasteiger partial charge in [-0.2, -0.15) is 13.2 Å². The topological polar surface area (TPSA) is 113 Å². The van der Waals surface area contributed by atoms with Gasteiger partial charge in [0.1, 0.15) is 23.2 Å². The van der Waals surface area contributed by atoms with Gasteiger partial charge in [0, 0.05) is 5.75 Å². The Morgan fingerprint density at radius 2 is 1.79 bits per heavy atom. The number of fused-ring (bicyclic) bond motifs is 1. The molecule has 2 aromatic rings. The third-order valence-electron chi connectivity index (χ3n) is 5.72. The minimum Gasteiger partial charge on any atom is -0.477 e. The van der Waals surface area contributed by atoms with Gasteiger partial charge >= 0.3 is 12.1 Å². The van der Waals surface area contributed by atoms with E-state index in [4.69, 9.17) is 5.73 Å². The van der Waals surface area contributed by atoms with Gasteiger partial charge in [-0.1, -0.05) is 48.5 Å². The Morgan fingerprint density at radius 3 is 2.44 bits per heavy atom. The van der Waals surface area contributed by atoms with Gasteiger partial charge in [-0.15, -0.1) is 11.8 Å². The van der Waals surface area contributed by atoms with Crippen molar-refractivity contribution >= 4 is 29.5 Å². The maximum absolute atomic E-state index is 13.4. The first kappa shape index (κ1) is 23.8. The number of carbonyl (C=O) groups excluding carboxylic acids is 2. The van der Waals surface area contributed by atoms with Crippen molar-refractivity contribution < 1.29 is 32.7 Å². The molecule has 4 N–H and O–H groups in total. The second-order valence-electron chi connectivity index (χ2n) is 7.87. The molecular weight excluding hydrogens is 471 g/mol. The van der Waals surface area contributed by atoms with E-state index in [0.717, 1.165) is 11.0 Å². The van der Waals surface area contributed by atoms with Crippen LogP contribution in [0.25, 0.3) is 0 Å². The zero-order chi connectivity index (χ0) is 24.6. The van der Waals surface area contributed by atoms with Gasteiger partial charge in [-0.25, -0.2) is 4.79 Å². The summed E-state index contributed by atoms with van der Waals surface area (Å²) < 4.78 is 40.1. The van der Waals surface area contributed by atoms with Crippen molar-refractivity contribution in [1.29, 1.82) is 0 Å². The van der Waals surface area contributed by atoms with Crippen LogP contribution in [0, 0.1) is 0 Å². The molecular formula is C23H20F3N3O4S. The molecule has 2 aliphatic rings. The zero-order valence-corrected chi connectivity index (χ0v) is 18.4. The Hall–Kier alpha value is -3.31. The highest BCUT2D eigenvalue weighted by atomic mass is 32.2. The van der Waals surface area contributed by atoms with Crippen molar-refractivity contribution in [1.82, 2.24) is 10.2 Å². The second kappa shape index (κ2) is 9.15. The van der Waals surface area contributed by atoms with Gasteiger partial charge < -0.3 is 16.2 Å². The van der Waals surface area contributed by atoms with Gasteiger partial charge in [0.25, 0.3) is 5.91 Å². The maximum Gasteiger partial charge on any atom is 0.416 e. The Labute approximate surface area is 196 Å². The van der Waals surface area contributed by atoms with E-state index >= 15 is 0 Å². The summed E-state index contributed by atoms with van der Waals surface area (Å²) in [4.78, 5) is 38.4. The Bertz CT molecular complexity index is 1170. The number of hydrogen-bond donors (Lipinski definition) is 3. The lowest BCUT2D eigenvalue weighted by molar-refractivity contribution is -0.150. The molecule has 0 aromatic heterocycles. The summed E-state index contributed by atoms with van der Waals surface area (Å²) in [5.74, 6) is -2.55. The highest BCUT2D eigenvalue weighted by Crippen LogP contribution is 2.42. The number of aliphatic carboxylic acids is 1. The van der Waals surface area contributed by atoms with Crippen LogP contribution in [0.2, 0.25) is 0 Å². The number of nitrogens with one attached hydrogen (secondary N) is 1. The number of halogens is 3. The number of amides is 2. The van der Waals surface area contributed by atoms with Crippen LogP contribution in [0.15, 0.2) is 65.9 Å². The van der Waals surface area contributed by atoms with E-state index in [9.17, 15) is 32.7 Å². The lowest BCUT2D eigenvalue weighted by Crippen LogP contribution is -2.71. The van der Waals surface area contributed by atoms with Crippen molar-refractivity contribution in [2.75, 3.05) is 5.75 Å². The van der Waals surface area contributed by atoms with Crippen LogP contribution < -0.4 is 11.1 Å². The first-order valence-corrected chi connectivity index (χ1v) is 11.3. The number of benzene rings is 2. The average Bonchev–Trinajstić information content (AvgIpc) is 2.81. The highest BCUT2D eigenvalue weighted by Gasteiger charge is 2.54. The number of carboxylic acid groups (broad SMARTS) is 1. The van der Waals surface area contributed by atoms with E-state index in [0.29, 0.717) is 5.56 Å². The number of rotatable bonds is 6. The van der Waals surface area contributed by atoms with E-state index in [2.05, 4.69) is 5.32 Å². The molecule has 1 fully saturated rings. The van der Waals surface area contributed by atoms with Crippen LogP contribution >= 0.6 is 11.8 Å². The molecule has 0 saturated carbocycles. The number of carbonyl (C=O) groups is 3. The summed E-state index contributed by atoms with van der Waals surface area (Å²) in [6.07, 6.45) is -4.86. The Morgan fingerprint density at radius 1 is 1.15 bits per heavy atom. The Balaban J connectivity index is 1.55. The van der Waals surface area contributed by atoms with E-state index in [1.807, 2.05) is 0 Å². The summed E-state index contributed by atoms with van der Waals surface area (Å²) in [6, 6.07) is 11.5. The fourth-order valence-corrected chi connectivity index (χ4v) is 5.40. The van der Waals surface area contributed by atoms with E-state index in [1.165, 1.54) is 30.0 Å². The number of alkyl halides is 3. The number of hydrogen-bond acceptors (Lipinski definition) is 5. The van der Waals surface area contributed by atoms with E-state index in [1.54, 1.807) is 30.3 Å². The number of β-lactam (4-membered cyclic amide) rings is 1. The molecule has 178 valence electrons. The van der Waals surface area contributed by atoms with E-state index in [-0.39, 0.29) is 29.0 Å². The highest BCUT2D eigenvalue weighted by molar-refractivity contribution is 8.00. The maximum atomic E-state index is 13.4. The minimum absolute atomic E-state index is 0.0746. The predicted octanol–water partition coefficient (Wildman–Crippen LogP) is 2.69. The van der Waals surface area contributed by atoms with Crippen molar-refractivity contribution in [2.24, 2.45) is 5.73 Å². The van der Waals surface area contributed by atoms with Gasteiger partial charge in [0.05, 0.1) is 5.56 Å². The monoisotopic (exact) mass is 491 g/mol. The van der Waals surface area contributed by atoms with Crippen molar-refractivity contribution in [3.63, 3.8) is 0 Å². The number of nitrogens with zero attached hydrogens (tertiary/aromatic N) is 1. The fourth-order valence-electron chi connectivity index (χ4n) is 4.05. The molecule has 2 amide bonds. The van der Waals surface area contributed by atoms with Crippen molar-refractivity contribution in [2.45, 2.75) is 30.1 Å². The lowest BCUT2D eigenvalue weighted by atomic mass is 9.96. The molecule has 2 heterocycles. The second-order valence-corrected chi connectivity index (χ2v) is 8.98. The standard InChI is InChI=1S/C23H20F3N3O4S/c24-23(25,26)15-9-5-4-8-13(15)10-14-11-34-21-17(20(31)29(21)18(14)22(32)33)28-19(30)16(27)12-6-2-1-3-7-12/h1-9,16-17,21H,10-11,27H2,(H,28,30)(H,32,33)/t16-,17-,21-/m1/s1. The third kappa shape index (κ3) is 4.40. The molecule has 0 spiro atoms. The number of nitrogens with two attached hydrogens (primary N) is 1. The minimum atomic E-state index is -4.59. The quantitative estimate of drug-likeness (QED) is 0.536. The number of carboxylic acids is 1. The summed E-state index contributed by atoms with van der Waals surface area (Å²) in [5, 5.41) is 11.7. The van der Waals surface area contributed by atoms with Gasteiger partial charge in [0.2, 0.25) is 5.91 Å². The SMILES string of the molecule is N[C@@H](C(=O)N[C@@H]1C(=O)N2C(C(=O)O)=C(Cc3ccccc3C(F)(F)F)CS[C@H]12)c1ccccc1. The molecule has 34 heavy (non-hydrogen) atoms. The fraction of sp³-hybridized carbons (Fsp3) is 0.261. The van der Waals surface area contributed by atoms with E-state index < -0.39 is 47.0 Å². The zero-order valence-electron chi connectivity index (χ0n) is 17.6. The largest absolute Gasteiger partial charge is 0.477 e. The smallest absolute Gasteiger partial charge is 0.416 e. The van der Waals surface area contributed by atoms with Crippen LogP contribution in [0.5, 0.6) is 0 Å². The molecule has 1 saturated heterocycles. The molecule has 2 aromatic carbocycles. The average molecular weight is 491 g/mol. The van der Waals surface area contributed by atoms with Crippen molar-refractivity contribution in [3.05, 3.63) is 82.6 Å². The molecule has 0 bridgehead atoms. The third-order valence-corrected chi connectivity index (χ3v) is 7.05. The molecule has 2 aliphatic heterocycles. The summed E-state index contributed by atoms with van der Waals surface area (Å²) in [6.45, 7) is 0. The molecule has 0 radical (unpaired) electrons. The van der Waals surface area contributed by atoms with Crippen LogP contribution in [0.1, 0.15) is 22.7 Å². The first-order valence-electron chi connectivity index (χ1n) is 10.3. The van der Waals surface area contributed by atoms with Crippen LogP contribution in [0.3, 0.4) is 0 Å². The number of thioether (sulfide) groups is 1. The van der Waals surface area contributed by atoms with Crippen molar-refractivity contribution in [3.8, 4) is 0 Å². The summed E-state index contributed by atoms with van der Waals surface area (Å²) in [5.41, 5.74) is 5.45. The molecule has 0 aliphatic carbocycles. The molecule has 3 atom stereocenters. The molecule has 0 unspecified atom stereocenters. The van der Waals surface area contributed by atoms with Gasteiger partial charge in [-0.3, -0.25) is 14.5 Å². The van der Waals surface area contributed by atoms with Crippen LogP contribution in [0.4, 0.5) is 13.2 Å². The van der Waals surface area contributed by atoms with Crippen LogP contribution in [-0.4, -0.2) is 45.0 Å². The summed E-state index contributed by atoms with van der Waals surface area (Å²) >= 11 is 1.18. The normalized spacial score (nSPS) is 20.9. The molecule has 11 heteroatoms. The predicted molar refractivity (Wildman–Crippen MR) is 118 cm³/mol. The first-order chi connectivity index (χ1) is 16.1. The Kier molecular flexibility index (Phi) is 6.41. The molecule has 4 rings (SSSR count). The van der Waals surface area contributed by atoms with Gasteiger partial charge in [0.15, 0.2) is 0 Å².